The van der Waals surface area contributed by atoms with Crippen LogP contribution in [0.1, 0.15) is 31.9 Å². The smallest absolute Gasteiger partial charge is 0.307 e. The van der Waals surface area contributed by atoms with Gasteiger partial charge in [0.15, 0.2) is 0 Å². The maximum atomic E-state index is 12.6. The van der Waals surface area contributed by atoms with Crippen LogP contribution in [0.25, 0.3) is 0 Å². The topological polar surface area (TPSA) is 91.4 Å². The fraction of sp³-hybridized carbons (Fsp3) is 0.200. The molecule has 0 fully saturated rings. The number of benzene rings is 2. The number of H-pyrrole nitrogens is 1. The summed E-state index contributed by atoms with van der Waals surface area (Å²) in [5.74, 6) is 0.0820. The number of aromatic amines is 1. The van der Waals surface area contributed by atoms with E-state index in [1.54, 1.807) is 18.2 Å². The molecule has 3 aromatic rings. The van der Waals surface area contributed by atoms with Gasteiger partial charge in [0, 0.05) is 13.0 Å². The summed E-state index contributed by atoms with van der Waals surface area (Å²) in [6, 6.07) is 13.2. The van der Waals surface area contributed by atoms with Crippen LogP contribution in [0.5, 0.6) is 11.6 Å². The van der Waals surface area contributed by atoms with Gasteiger partial charge in [0.05, 0.1) is 17.6 Å². The summed E-state index contributed by atoms with van der Waals surface area (Å²) in [6.45, 7) is 2.42. The van der Waals surface area contributed by atoms with Gasteiger partial charge in [-0.05, 0) is 30.2 Å². The SMILES string of the molecule is COc1ccc(Cc2sc(=O)[nH]c2O)cc1C(=O)NCc1ccc(C)cc1. The highest BCUT2D eigenvalue weighted by Gasteiger charge is 2.15. The van der Waals surface area contributed by atoms with E-state index in [0.717, 1.165) is 28.0 Å². The molecule has 0 saturated carbocycles. The summed E-state index contributed by atoms with van der Waals surface area (Å²) in [4.78, 5) is 26.5. The van der Waals surface area contributed by atoms with Crippen LogP contribution in [0.2, 0.25) is 0 Å². The number of aromatic hydroxyl groups is 1. The molecule has 0 spiro atoms. The van der Waals surface area contributed by atoms with Gasteiger partial charge in [0.25, 0.3) is 5.91 Å². The van der Waals surface area contributed by atoms with E-state index in [-0.39, 0.29) is 16.7 Å². The van der Waals surface area contributed by atoms with Crippen molar-refractivity contribution >= 4 is 17.2 Å². The lowest BCUT2D eigenvalue weighted by atomic mass is 10.1. The molecule has 2 aromatic carbocycles. The summed E-state index contributed by atoms with van der Waals surface area (Å²) in [5.41, 5.74) is 3.37. The zero-order valence-electron chi connectivity index (χ0n) is 15.0. The molecule has 0 aliphatic heterocycles. The number of carbonyl (C=O) groups is 1. The third kappa shape index (κ3) is 4.57. The zero-order chi connectivity index (χ0) is 19.4. The monoisotopic (exact) mass is 384 g/mol. The second-order valence-electron chi connectivity index (χ2n) is 6.17. The molecule has 6 nitrogen and oxygen atoms in total. The van der Waals surface area contributed by atoms with E-state index in [4.69, 9.17) is 4.74 Å². The average Bonchev–Trinajstić information content (AvgIpc) is 2.98. The van der Waals surface area contributed by atoms with Gasteiger partial charge in [0.1, 0.15) is 5.75 Å². The van der Waals surface area contributed by atoms with Gasteiger partial charge in [-0.1, -0.05) is 47.2 Å². The van der Waals surface area contributed by atoms with Crippen molar-refractivity contribution < 1.29 is 14.6 Å². The average molecular weight is 384 g/mol. The number of aryl methyl sites for hydroxylation is 1. The van der Waals surface area contributed by atoms with Crippen LogP contribution >= 0.6 is 11.3 Å². The van der Waals surface area contributed by atoms with Crippen LogP contribution in [0.4, 0.5) is 0 Å². The highest BCUT2D eigenvalue weighted by Crippen LogP contribution is 2.25. The summed E-state index contributed by atoms with van der Waals surface area (Å²) in [5, 5.41) is 12.6. The Kier molecular flexibility index (Phi) is 5.61. The van der Waals surface area contributed by atoms with Crippen molar-refractivity contribution in [3.63, 3.8) is 0 Å². The Balaban J connectivity index is 1.78. The van der Waals surface area contributed by atoms with Gasteiger partial charge < -0.3 is 15.2 Å². The second-order valence-corrected chi connectivity index (χ2v) is 7.23. The number of rotatable bonds is 6. The van der Waals surface area contributed by atoms with Crippen molar-refractivity contribution in [1.29, 1.82) is 0 Å². The number of ether oxygens (including phenoxy) is 1. The van der Waals surface area contributed by atoms with Crippen LogP contribution in [0.3, 0.4) is 0 Å². The minimum Gasteiger partial charge on any atom is -0.496 e. The molecule has 0 aliphatic carbocycles. The van der Waals surface area contributed by atoms with Crippen molar-refractivity contribution in [2.24, 2.45) is 0 Å². The largest absolute Gasteiger partial charge is 0.496 e. The van der Waals surface area contributed by atoms with Gasteiger partial charge in [-0.3, -0.25) is 14.6 Å². The van der Waals surface area contributed by atoms with Gasteiger partial charge in [-0.25, -0.2) is 0 Å². The van der Waals surface area contributed by atoms with E-state index in [1.807, 2.05) is 31.2 Å². The molecule has 0 saturated heterocycles. The second kappa shape index (κ2) is 8.09. The molecule has 3 rings (SSSR count). The Morgan fingerprint density at radius 2 is 1.89 bits per heavy atom. The molecule has 1 aromatic heterocycles. The molecule has 3 N–H and O–H groups in total. The van der Waals surface area contributed by atoms with Crippen LogP contribution in [-0.4, -0.2) is 23.1 Å². The molecule has 140 valence electrons. The van der Waals surface area contributed by atoms with Crippen LogP contribution in [0.15, 0.2) is 47.3 Å². The summed E-state index contributed by atoms with van der Waals surface area (Å²) in [7, 11) is 1.51. The Morgan fingerprint density at radius 1 is 1.19 bits per heavy atom. The molecule has 0 unspecified atom stereocenters. The lowest BCUT2D eigenvalue weighted by Crippen LogP contribution is -2.23. The summed E-state index contributed by atoms with van der Waals surface area (Å²) < 4.78 is 5.30. The summed E-state index contributed by atoms with van der Waals surface area (Å²) >= 11 is 0.949. The molecule has 1 heterocycles. The molecule has 0 aliphatic rings. The molecular weight excluding hydrogens is 364 g/mol. The highest BCUT2D eigenvalue weighted by atomic mass is 32.1. The van der Waals surface area contributed by atoms with Crippen molar-refractivity contribution in [2.75, 3.05) is 7.11 Å². The third-order valence-electron chi connectivity index (χ3n) is 4.15. The minimum atomic E-state index is -0.313. The number of hydrogen-bond acceptors (Lipinski definition) is 5. The van der Waals surface area contributed by atoms with E-state index < -0.39 is 0 Å². The molecule has 0 bridgehead atoms. The maximum absolute atomic E-state index is 12.6. The standard InChI is InChI=1S/C20H20N2O4S/c1-12-3-5-13(6-4-12)11-21-18(23)15-9-14(7-8-16(15)26-2)10-17-19(24)22-20(25)27-17/h3-9,24H,10-11H2,1-2H3,(H,21,23)(H,22,25). The number of nitrogens with one attached hydrogen (secondary N) is 2. The third-order valence-corrected chi connectivity index (χ3v) is 5.02. The van der Waals surface area contributed by atoms with E-state index in [0.29, 0.717) is 29.2 Å². The van der Waals surface area contributed by atoms with Gasteiger partial charge >= 0.3 is 4.87 Å². The lowest BCUT2D eigenvalue weighted by molar-refractivity contribution is 0.0947. The van der Waals surface area contributed by atoms with E-state index in [1.165, 1.54) is 7.11 Å². The molecule has 7 heteroatoms. The zero-order valence-corrected chi connectivity index (χ0v) is 15.9. The quantitative estimate of drug-likeness (QED) is 0.609. The van der Waals surface area contributed by atoms with Crippen LogP contribution in [0, 0.1) is 6.92 Å². The molecule has 0 radical (unpaired) electrons. The van der Waals surface area contributed by atoms with Crippen molar-refractivity contribution in [2.45, 2.75) is 19.9 Å². The molecular formula is C20H20N2O4S. The van der Waals surface area contributed by atoms with Crippen LogP contribution < -0.4 is 14.9 Å². The molecule has 0 atom stereocenters. The lowest BCUT2D eigenvalue weighted by Gasteiger charge is -2.11. The van der Waals surface area contributed by atoms with Crippen molar-refractivity contribution in [3.8, 4) is 11.6 Å². The number of hydrogen-bond donors (Lipinski definition) is 3. The number of thiazole rings is 1. The minimum absolute atomic E-state index is 0.133. The van der Waals surface area contributed by atoms with E-state index in [9.17, 15) is 14.7 Å². The van der Waals surface area contributed by atoms with E-state index >= 15 is 0 Å². The number of methoxy groups -OCH3 is 1. The summed E-state index contributed by atoms with van der Waals surface area (Å²) in [6.07, 6.45) is 0.345. The van der Waals surface area contributed by atoms with Gasteiger partial charge in [-0.2, -0.15) is 0 Å². The fourth-order valence-corrected chi connectivity index (χ4v) is 3.44. The molecule has 1 amide bonds. The predicted molar refractivity (Wildman–Crippen MR) is 105 cm³/mol. The normalized spacial score (nSPS) is 10.6. The first-order valence-electron chi connectivity index (χ1n) is 8.38. The highest BCUT2D eigenvalue weighted by molar-refractivity contribution is 7.09. The first kappa shape index (κ1) is 18.7. The van der Waals surface area contributed by atoms with Gasteiger partial charge in [-0.15, -0.1) is 0 Å². The Morgan fingerprint density at radius 3 is 2.52 bits per heavy atom. The first-order valence-corrected chi connectivity index (χ1v) is 9.19. The Hall–Kier alpha value is -3.06. The van der Waals surface area contributed by atoms with E-state index in [2.05, 4.69) is 10.3 Å². The fourth-order valence-electron chi connectivity index (χ4n) is 2.68. The number of carbonyl (C=O) groups excluding carboxylic acids is 1. The van der Waals surface area contributed by atoms with Crippen molar-refractivity contribution in [1.82, 2.24) is 10.3 Å². The Labute approximate surface area is 160 Å². The Bertz CT molecular complexity index is 1010. The predicted octanol–water partition coefficient (Wildman–Crippen LogP) is 2.98. The van der Waals surface area contributed by atoms with Crippen LogP contribution in [-0.2, 0) is 13.0 Å². The van der Waals surface area contributed by atoms with Gasteiger partial charge in [0.2, 0.25) is 5.88 Å². The molecule has 27 heavy (non-hydrogen) atoms. The number of aromatic nitrogens is 1. The number of amides is 1. The maximum Gasteiger partial charge on any atom is 0.307 e. The first-order chi connectivity index (χ1) is 13.0. The van der Waals surface area contributed by atoms with Crippen molar-refractivity contribution in [3.05, 3.63) is 79.3 Å².